The Kier molecular flexibility index (Phi) is 3.46. The summed E-state index contributed by atoms with van der Waals surface area (Å²) in [4.78, 5) is 5.66. The third-order valence-corrected chi connectivity index (χ3v) is 1.92. The molecule has 0 bridgehead atoms. The molecule has 0 unspecified atom stereocenters. The molecule has 0 spiro atoms. The molecule has 60 valence electrons. The molecule has 1 aliphatic rings. The van der Waals surface area contributed by atoms with E-state index in [0.717, 1.165) is 13.1 Å². The van der Waals surface area contributed by atoms with Crippen LogP contribution >= 0.6 is 0 Å². The minimum absolute atomic E-state index is 1.06. The molecule has 0 saturated carbocycles. The first-order valence-electron chi connectivity index (χ1n) is 4.10. The monoisotopic (exact) mass is 151 g/mol. The maximum atomic E-state index is 8.19. The first-order chi connectivity index (χ1) is 5.43. The molecule has 0 N–H and O–H groups in total. The van der Waals surface area contributed by atoms with Gasteiger partial charge in [0, 0.05) is 13.1 Å². The number of hydrogen-bond donors (Lipinski definition) is 0. The lowest BCUT2D eigenvalue weighted by Crippen LogP contribution is -2.22. The van der Waals surface area contributed by atoms with Crippen LogP contribution in [0.25, 0.3) is 0 Å². The van der Waals surface area contributed by atoms with Crippen LogP contribution in [0.5, 0.6) is 0 Å². The van der Waals surface area contributed by atoms with Gasteiger partial charge in [0.25, 0.3) is 0 Å². The summed E-state index contributed by atoms with van der Waals surface area (Å²) in [5, 5.41) is 8.19. The fourth-order valence-corrected chi connectivity index (χ4v) is 1.32. The van der Waals surface area contributed by atoms with E-state index >= 15 is 0 Å². The van der Waals surface area contributed by atoms with E-state index in [4.69, 9.17) is 5.26 Å². The fourth-order valence-electron chi connectivity index (χ4n) is 1.32. The molecule has 0 aromatic heterocycles. The van der Waals surface area contributed by atoms with Gasteiger partial charge in [-0.3, -0.25) is 0 Å². The van der Waals surface area contributed by atoms with Crippen LogP contribution in [-0.4, -0.2) is 24.3 Å². The van der Waals surface area contributed by atoms with Crippen molar-refractivity contribution >= 4 is 6.34 Å². The molecule has 1 fully saturated rings. The van der Waals surface area contributed by atoms with Crippen molar-refractivity contribution in [3.8, 4) is 6.19 Å². The van der Waals surface area contributed by atoms with Crippen molar-refractivity contribution in [3.05, 3.63) is 0 Å². The Morgan fingerprint density at radius 3 is 2.36 bits per heavy atom. The normalized spacial score (nSPS) is 19.7. The first-order valence-corrected chi connectivity index (χ1v) is 4.10. The van der Waals surface area contributed by atoms with E-state index < -0.39 is 0 Å². The second kappa shape index (κ2) is 4.73. The predicted octanol–water partition coefficient (Wildman–Crippen LogP) is 1.37. The highest BCUT2D eigenvalue weighted by Crippen LogP contribution is 2.07. The molecular weight excluding hydrogens is 138 g/mol. The number of hydrogen-bond acceptors (Lipinski definition) is 2. The highest BCUT2D eigenvalue weighted by atomic mass is 15.1. The van der Waals surface area contributed by atoms with Crippen molar-refractivity contribution in [1.82, 2.24) is 4.90 Å². The van der Waals surface area contributed by atoms with Crippen LogP contribution in [-0.2, 0) is 0 Å². The Balaban J connectivity index is 2.32. The molecule has 1 aliphatic heterocycles. The third-order valence-electron chi connectivity index (χ3n) is 1.92. The average molecular weight is 151 g/mol. The molecule has 0 aliphatic carbocycles. The van der Waals surface area contributed by atoms with E-state index in [2.05, 4.69) is 9.89 Å². The van der Waals surface area contributed by atoms with Crippen molar-refractivity contribution in [2.45, 2.75) is 25.7 Å². The van der Waals surface area contributed by atoms with Crippen LogP contribution in [0.15, 0.2) is 4.99 Å². The summed E-state index contributed by atoms with van der Waals surface area (Å²) in [6, 6.07) is 0. The minimum Gasteiger partial charge on any atom is -0.362 e. The van der Waals surface area contributed by atoms with E-state index in [1.54, 1.807) is 12.5 Å². The molecule has 11 heavy (non-hydrogen) atoms. The summed E-state index contributed by atoms with van der Waals surface area (Å²) in [5.41, 5.74) is 0. The maximum Gasteiger partial charge on any atom is 0.207 e. The van der Waals surface area contributed by atoms with Crippen molar-refractivity contribution < 1.29 is 0 Å². The van der Waals surface area contributed by atoms with Gasteiger partial charge in [0.2, 0.25) is 6.19 Å². The Morgan fingerprint density at radius 1 is 1.18 bits per heavy atom. The Bertz CT molecular complexity index is 161. The SMILES string of the molecule is N#CN=CN1CCCCCC1. The summed E-state index contributed by atoms with van der Waals surface area (Å²) in [7, 11) is 0. The maximum absolute atomic E-state index is 8.19. The van der Waals surface area contributed by atoms with Gasteiger partial charge in [0.1, 0.15) is 6.34 Å². The number of rotatable bonds is 1. The van der Waals surface area contributed by atoms with Crippen molar-refractivity contribution in [3.63, 3.8) is 0 Å². The summed E-state index contributed by atoms with van der Waals surface area (Å²) >= 11 is 0. The molecule has 0 radical (unpaired) electrons. The summed E-state index contributed by atoms with van der Waals surface area (Å²) in [6.45, 7) is 2.12. The Hall–Kier alpha value is -1.04. The highest BCUT2D eigenvalue weighted by Gasteiger charge is 2.03. The fraction of sp³-hybridized carbons (Fsp3) is 0.750. The number of aliphatic imine (C=N–C) groups is 1. The molecule has 1 heterocycles. The quantitative estimate of drug-likeness (QED) is 0.322. The standard InChI is InChI=1S/C8H13N3/c9-7-10-8-11-5-3-1-2-4-6-11/h8H,1-6H2. The minimum atomic E-state index is 1.06. The number of likely N-dealkylation sites (tertiary alicyclic amines) is 1. The topological polar surface area (TPSA) is 39.4 Å². The Morgan fingerprint density at radius 2 is 1.82 bits per heavy atom. The lowest BCUT2D eigenvalue weighted by molar-refractivity contribution is 0.448. The molecule has 0 amide bonds. The van der Waals surface area contributed by atoms with Crippen LogP contribution in [0.2, 0.25) is 0 Å². The van der Waals surface area contributed by atoms with Crippen molar-refractivity contribution in [1.29, 1.82) is 5.26 Å². The molecule has 0 atom stereocenters. The second-order valence-electron chi connectivity index (χ2n) is 2.79. The zero-order chi connectivity index (χ0) is 7.94. The summed E-state index contributed by atoms with van der Waals surface area (Å²) in [5.74, 6) is 0. The molecule has 3 nitrogen and oxygen atoms in total. The van der Waals surface area contributed by atoms with E-state index in [-0.39, 0.29) is 0 Å². The lowest BCUT2D eigenvalue weighted by Gasteiger charge is -2.14. The predicted molar refractivity (Wildman–Crippen MR) is 44.1 cm³/mol. The first kappa shape index (κ1) is 8.06. The van der Waals surface area contributed by atoms with Gasteiger partial charge >= 0.3 is 0 Å². The van der Waals surface area contributed by atoms with E-state index in [0.29, 0.717) is 0 Å². The molecule has 0 aromatic rings. The number of nitriles is 1. The molecule has 3 heteroatoms. The Labute approximate surface area is 67.3 Å². The van der Waals surface area contributed by atoms with E-state index in [1.165, 1.54) is 25.7 Å². The van der Waals surface area contributed by atoms with Gasteiger partial charge in [-0.15, -0.1) is 0 Å². The average Bonchev–Trinajstić information content (AvgIpc) is 2.28. The number of nitrogens with zero attached hydrogens (tertiary/aromatic N) is 3. The van der Waals surface area contributed by atoms with Gasteiger partial charge in [0.05, 0.1) is 0 Å². The van der Waals surface area contributed by atoms with Crippen LogP contribution in [0, 0.1) is 11.5 Å². The van der Waals surface area contributed by atoms with Crippen LogP contribution in [0.1, 0.15) is 25.7 Å². The van der Waals surface area contributed by atoms with Crippen molar-refractivity contribution in [2.24, 2.45) is 4.99 Å². The third kappa shape index (κ3) is 3.03. The molecule has 1 saturated heterocycles. The molecular formula is C8H13N3. The van der Waals surface area contributed by atoms with Gasteiger partial charge in [-0.1, -0.05) is 12.8 Å². The molecule has 0 aromatic carbocycles. The zero-order valence-corrected chi connectivity index (χ0v) is 6.66. The summed E-state index contributed by atoms with van der Waals surface area (Å²) in [6.07, 6.45) is 8.52. The zero-order valence-electron chi connectivity index (χ0n) is 6.66. The van der Waals surface area contributed by atoms with E-state index in [1.807, 2.05) is 0 Å². The summed E-state index contributed by atoms with van der Waals surface area (Å²) < 4.78 is 0. The van der Waals surface area contributed by atoms with E-state index in [9.17, 15) is 0 Å². The molecule has 1 rings (SSSR count). The smallest absolute Gasteiger partial charge is 0.207 e. The van der Waals surface area contributed by atoms with Gasteiger partial charge in [0.15, 0.2) is 0 Å². The van der Waals surface area contributed by atoms with Gasteiger partial charge < -0.3 is 4.90 Å². The van der Waals surface area contributed by atoms with Crippen LogP contribution in [0.3, 0.4) is 0 Å². The second-order valence-corrected chi connectivity index (χ2v) is 2.79. The van der Waals surface area contributed by atoms with Gasteiger partial charge in [-0.2, -0.15) is 10.3 Å². The van der Waals surface area contributed by atoms with Gasteiger partial charge in [-0.05, 0) is 12.8 Å². The van der Waals surface area contributed by atoms with Crippen LogP contribution in [0.4, 0.5) is 0 Å². The highest BCUT2D eigenvalue weighted by molar-refractivity contribution is 5.56. The van der Waals surface area contributed by atoms with Gasteiger partial charge in [-0.25, -0.2) is 0 Å². The largest absolute Gasteiger partial charge is 0.362 e. The van der Waals surface area contributed by atoms with Crippen LogP contribution < -0.4 is 0 Å². The van der Waals surface area contributed by atoms with Crippen molar-refractivity contribution in [2.75, 3.05) is 13.1 Å². The lowest BCUT2D eigenvalue weighted by atomic mass is 10.2.